The summed E-state index contributed by atoms with van der Waals surface area (Å²) in [5.41, 5.74) is -0.333. The Hall–Kier alpha value is -0.530. The third-order valence-corrected chi connectivity index (χ3v) is 4.13. The molecule has 2 heteroatoms. The van der Waals surface area contributed by atoms with Crippen LogP contribution in [0.25, 0.3) is 0 Å². The Balaban J connectivity index is 2.33. The second-order valence-electron chi connectivity index (χ2n) is 6.19. The zero-order valence-corrected chi connectivity index (χ0v) is 11.9. The number of hydrogen-bond donors (Lipinski definition) is 0. The average Bonchev–Trinajstić information content (AvgIpc) is 2.30. The molecule has 17 heavy (non-hydrogen) atoms. The van der Waals surface area contributed by atoms with Crippen molar-refractivity contribution in [2.24, 2.45) is 11.3 Å². The number of esters is 1. The summed E-state index contributed by atoms with van der Waals surface area (Å²) in [5.74, 6) is 0.736. The molecule has 0 aromatic rings. The molecule has 1 aliphatic carbocycles. The molecular formula is C15H28O2. The highest BCUT2D eigenvalue weighted by atomic mass is 16.5. The lowest BCUT2D eigenvalue weighted by Gasteiger charge is -2.27. The van der Waals surface area contributed by atoms with Crippen LogP contribution in [-0.2, 0) is 9.53 Å². The van der Waals surface area contributed by atoms with Gasteiger partial charge >= 0.3 is 5.97 Å². The molecule has 0 aromatic heterocycles. The van der Waals surface area contributed by atoms with E-state index in [0.717, 1.165) is 18.8 Å². The van der Waals surface area contributed by atoms with Crippen LogP contribution in [0.15, 0.2) is 0 Å². The minimum absolute atomic E-state index is 0.0386. The van der Waals surface area contributed by atoms with Crippen molar-refractivity contribution in [2.75, 3.05) is 0 Å². The second-order valence-corrected chi connectivity index (χ2v) is 6.19. The highest BCUT2D eigenvalue weighted by Gasteiger charge is 2.29. The van der Waals surface area contributed by atoms with Crippen LogP contribution in [0.4, 0.5) is 0 Å². The summed E-state index contributed by atoms with van der Waals surface area (Å²) in [6.45, 7) is 8.00. The second kappa shape index (κ2) is 6.42. The minimum Gasteiger partial charge on any atom is -0.462 e. The first-order chi connectivity index (χ1) is 7.95. The van der Waals surface area contributed by atoms with Crippen LogP contribution in [0.5, 0.6) is 0 Å². The van der Waals surface area contributed by atoms with Crippen molar-refractivity contribution in [3.8, 4) is 0 Å². The van der Waals surface area contributed by atoms with E-state index in [1.165, 1.54) is 32.1 Å². The van der Waals surface area contributed by atoms with E-state index in [-0.39, 0.29) is 17.5 Å². The number of ether oxygens (including phenoxy) is 1. The summed E-state index contributed by atoms with van der Waals surface area (Å²) in [6.07, 6.45) is 8.69. The molecule has 2 nitrogen and oxygen atoms in total. The summed E-state index contributed by atoms with van der Waals surface area (Å²) >= 11 is 0. The highest BCUT2D eigenvalue weighted by molar-refractivity contribution is 5.75. The van der Waals surface area contributed by atoms with Crippen molar-refractivity contribution >= 4 is 5.97 Å². The standard InChI is InChI=1S/C15H28O2/c1-5-15(3,4)14(16)17-12(2)11-13-9-7-6-8-10-13/h12-13H,5-11H2,1-4H3. The minimum atomic E-state index is -0.333. The van der Waals surface area contributed by atoms with Crippen molar-refractivity contribution in [3.63, 3.8) is 0 Å². The zero-order valence-electron chi connectivity index (χ0n) is 11.9. The van der Waals surface area contributed by atoms with Crippen LogP contribution in [0.2, 0.25) is 0 Å². The van der Waals surface area contributed by atoms with E-state index in [1.54, 1.807) is 0 Å². The number of carbonyl (C=O) groups excluding carboxylic acids is 1. The predicted molar refractivity (Wildman–Crippen MR) is 70.8 cm³/mol. The lowest BCUT2D eigenvalue weighted by molar-refractivity contribution is -0.159. The van der Waals surface area contributed by atoms with E-state index in [0.29, 0.717) is 0 Å². The van der Waals surface area contributed by atoms with Gasteiger partial charge in [0.2, 0.25) is 0 Å². The smallest absolute Gasteiger partial charge is 0.311 e. The Labute approximate surface area is 106 Å². The molecule has 1 unspecified atom stereocenters. The third kappa shape index (κ3) is 4.69. The first kappa shape index (κ1) is 14.5. The van der Waals surface area contributed by atoms with Crippen molar-refractivity contribution in [1.82, 2.24) is 0 Å². The van der Waals surface area contributed by atoms with Crippen LogP contribution in [0.3, 0.4) is 0 Å². The summed E-state index contributed by atoms with van der Waals surface area (Å²) in [5, 5.41) is 0. The van der Waals surface area contributed by atoms with Gasteiger partial charge in [-0.15, -0.1) is 0 Å². The molecule has 0 heterocycles. The van der Waals surface area contributed by atoms with Gasteiger partial charge in [0, 0.05) is 0 Å². The van der Waals surface area contributed by atoms with Gasteiger partial charge < -0.3 is 4.74 Å². The highest BCUT2D eigenvalue weighted by Crippen LogP contribution is 2.29. The lowest BCUT2D eigenvalue weighted by Crippen LogP contribution is -2.30. The van der Waals surface area contributed by atoms with Gasteiger partial charge in [0.1, 0.15) is 0 Å². The summed E-state index contributed by atoms with van der Waals surface area (Å²) in [4.78, 5) is 11.9. The van der Waals surface area contributed by atoms with E-state index in [4.69, 9.17) is 4.74 Å². The van der Waals surface area contributed by atoms with Crippen molar-refractivity contribution in [1.29, 1.82) is 0 Å². The lowest BCUT2D eigenvalue weighted by atomic mass is 9.85. The molecule has 0 aromatic carbocycles. The maximum Gasteiger partial charge on any atom is 0.311 e. The largest absolute Gasteiger partial charge is 0.462 e. The number of rotatable bonds is 5. The summed E-state index contributed by atoms with van der Waals surface area (Å²) in [7, 11) is 0. The molecule has 0 aliphatic heterocycles. The molecular weight excluding hydrogens is 212 g/mol. The van der Waals surface area contributed by atoms with Crippen molar-refractivity contribution in [2.45, 2.75) is 78.7 Å². The topological polar surface area (TPSA) is 26.3 Å². The van der Waals surface area contributed by atoms with Gasteiger partial charge in [0.25, 0.3) is 0 Å². The molecule has 0 radical (unpaired) electrons. The molecule has 0 amide bonds. The average molecular weight is 240 g/mol. The zero-order chi connectivity index (χ0) is 12.9. The summed E-state index contributed by atoms with van der Waals surface area (Å²) < 4.78 is 5.57. The Morgan fingerprint density at radius 2 is 1.88 bits per heavy atom. The van der Waals surface area contributed by atoms with Crippen molar-refractivity contribution in [3.05, 3.63) is 0 Å². The van der Waals surface area contributed by atoms with Crippen LogP contribution in [0.1, 0.15) is 72.6 Å². The van der Waals surface area contributed by atoms with E-state index < -0.39 is 0 Å². The molecule has 1 fully saturated rings. The molecule has 0 bridgehead atoms. The van der Waals surface area contributed by atoms with Gasteiger partial charge in [-0.3, -0.25) is 4.79 Å². The van der Waals surface area contributed by atoms with Crippen LogP contribution in [-0.4, -0.2) is 12.1 Å². The molecule has 1 atom stereocenters. The first-order valence-corrected chi connectivity index (χ1v) is 7.16. The molecule has 0 saturated heterocycles. The van der Waals surface area contributed by atoms with Crippen LogP contribution >= 0.6 is 0 Å². The Morgan fingerprint density at radius 3 is 2.41 bits per heavy atom. The van der Waals surface area contributed by atoms with Crippen LogP contribution in [0, 0.1) is 11.3 Å². The molecule has 1 aliphatic rings. The van der Waals surface area contributed by atoms with E-state index in [9.17, 15) is 4.79 Å². The number of hydrogen-bond acceptors (Lipinski definition) is 2. The predicted octanol–water partition coefficient (Wildman–Crippen LogP) is 4.32. The third-order valence-electron chi connectivity index (χ3n) is 4.13. The quantitative estimate of drug-likeness (QED) is 0.669. The van der Waals surface area contributed by atoms with E-state index in [1.807, 2.05) is 27.7 Å². The van der Waals surface area contributed by atoms with Crippen LogP contribution < -0.4 is 0 Å². The maximum atomic E-state index is 11.9. The Kier molecular flexibility index (Phi) is 5.48. The van der Waals surface area contributed by atoms with Gasteiger partial charge in [0.15, 0.2) is 0 Å². The summed E-state index contributed by atoms with van der Waals surface area (Å²) in [6, 6.07) is 0. The molecule has 100 valence electrons. The van der Waals surface area contributed by atoms with Gasteiger partial charge in [0.05, 0.1) is 11.5 Å². The Bertz CT molecular complexity index is 239. The van der Waals surface area contributed by atoms with E-state index in [2.05, 4.69) is 0 Å². The fourth-order valence-electron chi connectivity index (χ4n) is 2.43. The maximum absolute atomic E-state index is 11.9. The molecule has 1 saturated carbocycles. The first-order valence-electron chi connectivity index (χ1n) is 7.16. The monoisotopic (exact) mass is 240 g/mol. The molecule has 1 rings (SSSR count). The number of carbonyl (C=O) groups is 1. The van der Waals surface area contributed by atoms with Crippen molar-refractivity contribution < 1.29 is 9.53 Å². The molecule has 0 N–H and O–H groups in total. The Morgan fingerprint density at radius 1 is 1.29 bits per heavy atom. The fourth-order valence-corrected chi connectivity index (χ4v) is 2.43. The van der Waals surface area contributed by atoms with E-state index >= 15 is 0 Å². The van der Waals surface area contributed by atoms with Gasteiger partial charge in [-0.25, -0.2) is 0 Å². The normalized spacial score (nSPS) is 20.0. The van der Waals surface area contributed by atoms with Gasteiger partial charge in [-0.05, 0) is 39.5 Å². The van der Waals surface area contributed by atoms with Gasteiger partial charge in [-0.2, -0.15) is 0 Å². The van der Waals surface area contributed by atoms with Gasteiger partial charge in [-0.1, -0.05) is 39.0 Å². The molecule has 0 spiro atoms. The fraction of sp³-hybridized carbons (Fsp3) is 0.933. The SMILES string of the molecule is CCC(C)(C)C(=O)OC(C)CC1CCCCC1.